The highest BCUT2D eigenvalue weighted by Gasteiger charge is 2.48. The summed E-state index contributed by atoms with van der Waals surface area (Å²) in [6, 6.07) is 24.0. The fourth-order valence-electron chi connectivity index (χ4n) is 5.02. The molecule has 1 N–H and O–H groups in total. The van der Waals surface area contributed by atoms with Gasteiger partial charge in [-0.15, -0.1) is 0 Å². The Morgan fingerprint density at radius 3 is 2.15 bits per heavy atom. The largest absolute Gasteiger partial charge is 0.497 e. The summed E-state index contributed by atoms with van der Waals surface area (Å²) in [4.78, 5) is 2.01. The number of nitrogens with zero attached hydrogens (tertiary/aromatic N) is 2. The third kappa shape index (κ3) is 6.19. The van der Waals surface area contributed by atoms with E-state index in [1.807, 2.05) is 53.4 Å². The number of hydrogen-bond donors (Lipinski definition) is 1. The first-order valence-electron chi connectivity index (χ1n) is 13.5. The maximum atomic E-state index is 13.8. The lowest BCUT2D eigenvalue weighted by Crippen LogP contribution is -2.58. The fourth-order valence-corrected chi connectivity index (χ4v) is 6.34. The number of methoxy groups -OCH3 is 1. The normalized spacial score (nSPS) is 20.2. The highest BCUT2D eigenvalue weighted by atomic mass is 28.4. The molecular formula is C32H39FN2O3Si. The number of rotatable bonds is 9. The smallest absolute Gasteiger partial charge is 0.192 e. The van der Waals surface area contributed by atoms with E-state index in [4.69, 9.17) is 9.16 Å². The quantitative estimate of drug-likeness (QED) is 0.278. The number of halogens is 1. The summed E-state index contributed by atoms with van der Waals surface area (Å²) in [7, 11) is -0.474. The number of anilines is 1. The van der Waals surface area contributed by atoms with Crippen LogP contribution in [0.15, 0.2) is 72.8 Å². The molecule has 1 saturated heterocycles. The molecule has 4 rings (SSSR count). The van der Waals surface area contributed by atoms with Crippen LogP contribution in [0.3, 0.4) is 0 Å². The van der Waals surface area contributed by atoms with Crippen LogP contribution in [0.4, 0.5) is 10.1 Å². The van der Waals surface area contributed by atoms with Gasteiger partial charge in [0.25, 0.3) is 0 Å². The van der Waals surface area contributed by atoms with Crippen molar-refractivity contribution in [1.29, 1.82) is 5.26 Å². The van der Waals surface area contributed by atoms with Crippen molar-refractivity contribution < 1.29 is 18.7 Å². The highest BCUT2D eigenvalue weighted by Crippen LogP contribution is 2.50. The van der Waals surface area contributed by atoms with Crippen LogP contribution in [0, 0.1) is 23.1 Å². The Hall–Kier alpha value is -3.18. The average molecular weight is 547 g/mol. The standard InChI is InChI=1S/C32H39FN2O3Si/c1-32(2,3)39(5,6)38-29(23-9-13-25(33)14-10-23)20-19-28-30(24-11-17-27(37-4)18-12-24)35(31(28)36)26-15-7-22(21-34)8-16-26/h7-18,28-31,36H,19-20H2,1-6H3. The molecule has 1 fully saturated rings. The van der Waals surface area contributed by atoms with Gasteiger partial charge in [0.1, 0.15) is 17.8 Å². The number of hydrogen-bond acceptors (Lipinski definition) is 5. The third-order valence-electron chi connectivity index (χ3n) is 8.37. The Balaban J connectivity index is 1.62. The van der Waals surface area contributed by atoms with E-state index in [0.29, 0.717) is 12.0 Å². The Morgan fingerprint density at radius 1 is 1.00 bits per heavy atom. The molecule has 1 heterocycles. The second-order valence-corrected chi connectivity index (χ2v) is 16.6. The molecule has 0 radical (unpaired) electrons. The van der Waals surface area contributed by atoms with Gasteiger partial charge in [-0.3, -0.25) is 0 Å². The minimum absolute atomic E-state index is 0.0271. The first kappa shape index (κ1) is 28.8. The summed E-state index contributed by atoms with van der Waals surface area (Å²) >= 11 is 0. The second-order valence-electron chi connectivity index (χ2n) is 11.9. The highest BCUT2D eigenvalue weighted by molar-refractivity contribution is 6.74. The molecule has 7 heteroatoms. The van der Waals surface area contributed by atoms with E-state index < -0.39 is 14.5 Å². The molecule has 3 aromatic rings. The summed E-state index contributed by atoms with van der Waals surface area (Å²) in [5.41, 5.74) is 3.49. The van der Waals surface area contributed by atoms with Gasteiger partial charge < -0.3 is 19.2 Å². The lowest BCUT2D eigenvalue weighted by molar-refractivity contribution is -0.00611. The van der Waals surface area contributed by atoms with Crippen molar-refractivity contribution in [1.82, 2.24) is 0 Å². The van der Waals surface area contributed by atoms with Gasteiger partial charge >= 0.3 is 0 Å². The van der Waals surface area contributed by atoms with Crippen LogP contribution in [0.2, 0.25) is 18.1 Å². The summed E-state index contributed by atoms with van der Waals surface area (Å²) in [6.45, 7) is 11.1. The monoisotopic (exact) mass is 546 g/mol. The first-order chi connectivity index (χ1) is 18.4. The molecule has 1 aliphatic rings. The van der Waals surface area contributed by atoms with E-state index in [-0.39, 0.29) is 28.9 Å². The van der Waals surface area contributed by atoms with Crippen LogP contribution in [-0.4, -0.2) is 26.8 Å². The second kappa shape index (κ2) is 11.5. The van der Waals surface area contributed by atoms with Crippen molar-refractivity contribution in [2.45, 2.75) is 70.1 Å². The van der Waals surface area contributed by atoms with Crippen molar-refractivity contribution in [2.24, 2.45) is 5.92 Å². The van der Waals surface area contributed by atoms with Crippen LogP contribution < -0.4 is 9.64 Å². The van der Waals surface area contributed by atoms with Crippen molar-refractivity contribution >= 4 is 14.0 Å². The van der Waals surface area contributed by atoms with Gasteiger partial charge in [-0.1, -0.05) is 45.0 Å². The van der Waals surface area contributed by atoms with Gasteiger partial charge in [-0.2, -0.15) is 5.26 Å². The predicted octanol–water partition coefficient (Wildman–Crippen LogP) is 7.75. The minimum atomic E-state index is -2.12. The Bertz CT molecular complexity index is 1280. The minimum Gasteiger partial charge on any atom is -0.497 e. The molecule has 0 amide bonds. The Kier molecular flexibility index (Phi) is 8.50. The van der Waals surface area contributed by atoms with E-state index in [2.05, 4.69) is 39.9 Å². The summed E-state index contributed by atoms with van der Waals surface area (Å²) in [5.74, 6) is 0.469. The third-order valence-corrected chi connectivity index (χ3v) is 12.9. The first-order valence-corrected chi connectivity index (χ1v) is 16.4. The van der Waals surface area contributed by atoms with Crippen molar-refractivity contribution in [3.63, 3.8) is 0 Å². The zero-order chi connectivity index (χ0) is 28.4. The SMILES string of the molecule is COc1ccc(C2C(CCC(O[Si](C)(C)C(C)(C)C)c3ccc(F)cc3)C(O)N2c2ccc(C#N)cc2)cc1. The number of aliphatic hydroxyl groups is 1. The van der Waals surface area contributed by atoms with E-state index in [1.165, 1.54) is 12.1 Å². The molecule has 0 aliphatic carbocycles. The number of aliphatic hydroxyl groups excluding tert-OH is 1. The van der Waals surface area contributed by atoms with E-state index >= 15 is 0 Å². The van der Waals surface area contributed by atoms with E-state index in [1.54, 1.807) is 19.2 Å². The molecular weight excluding hydrogens is 507 g/mol. The molecule has 4 unspecified atom stereocenters. The number of nitriles is 1. The van der Waals surface area contributed by atoms with Gasteiger partial charge in [-0.05, 0) is 90.6 Å². The van der Waals surface area contributed by atoms with Crippen molar-refractivity contribution in [3.8, 4) is 11.8 Å². The summed E-state index contributed by atoms with van der Waals surface area (Å²) < 4.78 is 26.0. The van der Waals surface area contributed by atoms with Crippen LogP contribution in [0.25, 0.3) is 0 Å². The zero-order valence-electron chi connectivity index (χ0n) is 23.7. The molecule has 0 spiro atoms. The molecule has 0 bridgehead atoms. The van der Waals surface area contributed by atoms with Crippen LogP contribution in [-0.2, 0) is 4.43 Å². The average Bonchev–Trinajstić information content (AvgIpc) is 2.91. The molecule has 4 atom stereocenters. The van der Waals surface area contributed by atoms with Crippen LogP contribution >= 0.6 is 0 Å². The van der Waals surface area contributed by atoms with E-state index in [0.717, 1.165) is 29.0 Å². The predicted molar refractivity (Wildman–Crippen MR) is 156 cm³/mol. The van der Waals surface area contributed by atoms with Gasteiger partial charge in [0.2, 0.25) is 0 Å². The van der Waals surface area contributed by atoms with Crippen LogP contribution in [0.5, 0.6) is 5.75 Å². The molecule has 0 saturated carbocycles. The fraction of sp³-hybridized carbons (Fsp3) is 0.406. The number of ether oxygens (including phenoxy) is 1. The summed E-state index contributed by atoms with van der Waals surface area (Å²) in [5, 5.41) is 20.7. The van der Waals surface area contributed by atoms with Gasteiger partial charge in [0, 0.05) is 11.6 Å². The molecule has 0 aromatic heterocycles. The maximum absolute atomic E-state index is 13.8. The maximum Gasteiger partial charge on any atom is 0.192 e. The van der Waals surface area contributed by atoms with E-state index in [9.17, 15) is 14.8 Å². The van der Waals surface area contributed by atoms with Crippen LogP contribution in [0.1, 0.15) is 62.4 Å². The Morgan fingerprint density at radius 2 is 1.62 bits per heavy atom. The molecule has 39 heavy (non-hydrogen) atoms. The molecule has 5 nitrogen and oxygen atoms in total. The Labute approximate surface area is 232 Å². The topological polar surface area (TPSA) is 65.7 Å². The molecule has 3 aromatic carbocycles. The lowest BCUT2D eigenvalue weighted by atomic mass is 9.77. The zero-order valence-corrected chi connectivity index (χ0v) is 24.7. The molecule has 206 valence electrons. The van der Waals surface area contributed by atoms with Gasteiger partial charge in [0.05, 0.1) is 30.9 Å². The van der Waals surface area contributed by atoms with Gasteiger partial charge in [0.15, 0.2) is 8.32 Å². The van der Waals surface area contributed by atoms with Crippen molar-refractivity contribution in [2.75, 3.05) is 12.0 Å². The lowest BCUT2D eigenvalue weighted by Gasteiger charge is -2.54. The number of benzene rings is 3. The molecule has 1 aliphatic heterocycles. The summed E-state index contributed by atoms with van der Waals surface area (Å²) in [6.07, 6.45) is 0.542. The van der Waals surface area contributed by atoms with Crippen molar-refractivity contribution in [3.05, 3.63) is 95.3 Å². The van der Waals surface area contributed by atoms with Gasteiger partial charge in [-0.25, -0.2) is 4.39 Å².